The maximum absolute atomic E-state index is 4.01. The minimum absolute atomic E-state index is 0.543. The van der Waals surface area contributed by atoms with E-state index in [1.54, 1.807) is 6.33 Å². The average Bonchev–Trinajstić information content (AvgIpc) is 2.81. The fourth-order valence-corrected chi connectivity index (χ4v) is 2.26. The average molecular weight is 222 g/mol. The van der Waals surface area contributed by atoms with Gasteiger partial charge in [-0.3, -0.25) is 0 Å². The maximum atomic E-state index is 4.01. The van der Waals surface area contributed by atoms with Gasteiger partial charge in [-0.15, -0.1) is 0 Å². The molecular weight excluding hydrogens is 200 g/mol. The van der Waals surface area contributed by atoms with Gasteiger partial charge in [-0.2, -0.15) is 0 Å². The van der Waals surface area contributed by atoms with Crippen molar-refractivity contribution >= 4 is 0 Å². The van der Waals surface area contributed by atoms with Gasteiger partial charge in [0.2, 0.25) is 0 Å². The Bertz CT molecular complexity index is 277. The summed E-state index contributed by atoms with van der Waals surface area (Å²) in [6, 6.07) is 0.543. The van der Waals surface area contributed by atoms with E-state index in [0.717, 1.165) is 18.8 Å². The number of rotatable bonds is 5. The summed E-state index contributed by atoms with van der Waals surface area (Å²) in [5.41, 5.74) is 1.16. The predicted molar refractivity (Wildman–Crippen MR) is 65.2 cm³/mol. The van der Waals surface area contributed by atoms with Crippen LogP contribution in [0.3, 0.4) is 0 Å². The van der Waals surface area contributed by atoms with Gasteiger partial charge in [-0.1, -0.05) is 6.42 Å². The Morgan fingerprint density at radius 2 is 2.25 bits per heavy atom. The summed E-state index contributed by atoms with van der Waals surface area (Å²) in [6.07, 6.45) is 7.75. The highest BCUT2D eigenvalue weighted by Gasteiger charge is 2.12. The van der Waals surface area contributed by atoms with E-state index in [-0.39, 0.29) is 0 Å². The van der Waals surface area contributed by atoms with Crippen LogP contribution in [0.4, 0.5) is 0 Å². The van der Waals surface area contributed by atoms with Gasteiger partial charge in [-0.25, -0.2) is 4.98 Å². The molecule has 1 saturated heterocycles. The maximum Gasteiger partial charge on any atom is 0.0922 e. The predicted octanol–water partition coefficient (Wildman–Crippen LogP) is 1.37. The van der Waals surface area contributed by atoms with Gasteiger partial charge in [0.1, 0.15) is 0 Å². The van der Waals surface area contributed by atoms with Crippen LogP contribution in [0.15, 0.2) is 12.5 Å². The van der Waals surface area contributed by atoms with E-state index in [9.17, 15) is 0 Å². The van der Waals surface area contributed by atoms with Crippen molar-refractivity contribution in [2.24, 2.45) is 0 Å². The van der Waals surface area contributed by atoms with Gasteiger partial charge >= 0.3 is 0 Å². The Labute approximate surface area is 97.4 Å². The van der Waals surface area contributed by atoms with Gasteiger partial charge in [0, 0.05) is 31.0 Å². The van der Waals surface area contributed by atoms with Crippen molar-refractivity contribution in [1.29, 1.82) is 0 Å². The highest BCUT2D eigenvalue weighted by molar-refractivity contribution is 4.93. The lowest BCUT2D eigenvalue weighted by molar-refractivity contribution is 0.208. The van der Waals surface area contributed by atoms with Crippen molar-refractivity contribution in [3.8, 4) is 0 Å². The van der Waals surface area contributed by atoms with E-state index in [4.69, 9.17) is 0 Å². The van der Waals surface area contributed by atoms with Crippen LogP contribution >= 0.6 is 0 Å². The summed E-state index contributed by atoms with van der Waals surface area (Å²) >= 11 is 0. The molecule has 0 amide bonds. The number of imidazole rings is 1. The molecule has 1 aliphatic rings. The second kappa shape index (κ2) is 6.01. The molecule has 1 aliphatic heterocycles. The number of likely N-dealkylation sites (tertiary alicyclic amines) is 1. The Morgan fingerprint density at radius 1 is 1.44 bits per heavy atom. The first-order valence-corrected chi connectivity index (χ1v) is 6.27. The molecule has 16 heavy (non-hydrogen) atoms. The molecule has 2 N–H and O–H groups in total. The van der Waals surface area contributed by atoms with E-state index < -0.39 is 0 Å². The quantitative estimate of drug-likeness (QED) is 0.791. The molecule has 4 nitrogen and oxygen atoms in total. The van der Waals surface area contributed by atoms with Gasteiger partial charge < -0.3 is 15.2 Å². The lowest BCUT2D eigenvalue weighted by atomic mass is 10.1. The SMILES string of the molecule is CC(CN1CCCCC1)NCc1cnc[nH]1. The number of nitrogens with zero attached hydrogens (tertiary/aromatic N) is 2. The lowest BCUT2D eigenvalue weighted by Crippen LogP contribution is -2.41. The van der Waals surface area contributed by atoms with Crippen LogP contribution in [-0.2, 0) is 6.54 Å². The number of hydrogen-bond acceptors (Lipinski definition) is 3. The van der Waals surface area contributed by atoms with Gasteiger partial charge in [-0.05, 0) is 32.9 Å². The molecule has 1 unspecified atom stereocenters. The normalized spacial score (nSPS) is 19.8. The van der Waals surface area contributed by atoms with Crippen molar-refractivity contribution in [2.75, 3.05) is 19.6 Å². The fourth-order valence-electron chi connectivity index (χ4n) is 2.26. The fraction of sp³-hybridized carbons (Fsp3) is 0.750. The first-order valence-electron chi connectivity index (χ1n) is 6.27. The van der Waals surface area contributed by atoms with Gasteiger partial charge in [0.15, 0.2) is 0 Å². The van der Waals surface area contributed by atoms with Crippen LogP contribution in [0.1, 0.15) is 31.9 Å². The molecule has 0 aliphatic carbocycles. The highest BCUT2D eigenvalue weighted by atomic mass is 15.1. The first-order chi connectivity index (χ1) is 7.84. The van der Waals surface area contributed by atoms with Crippen molar-refractivity contribution in [3.63, 3.8) is 0 Å². The first kappa shape index (κ1) is 11.6. The minimum atomic E-state index is 0.543. The molecule has 0 saturated carbocycles. The molecule has 90 valence electrons. The van der Waals surface area contributed by atoms with Crippen LogP contribution in [0.2, 0.25) is 0 Å². The number of hydrogen-bond donors (Lipinski definition) is 2. The molecule has 0 bridgehead atoms. The lowest BCUT2D eigenvalue weighted by Gasteiger charge is -2.29. The summed E-state index contributed by atoms with van der Waals surface area (Å²) in [5, 5.41) is 3.52. The summed E-state index contributed by atoms with van der Waals surface area (Å²) in [4.78, 5) is 9.68. The summed E-state index contributed by atoms with van der Waals surface area (Å²) in [7, 11) is 0. The third-order valence-corrected chi connectivity index (χ3v) is 3.18. The molecule has 1 atom stereocenters. The van der Waals surface area contributed by atoms with Crippen molar-refractivity contribution in [3.05, 3.63) is 18.2 Å². The standard InChI is InChI=1S/C12H22N4/c1-11(9-16-5-3-2-4-6-16)14-8-12-7-13-10-15-12/h7,10-11,14H,2-6,8-9H2,1H3,(H,13,15). The van der Waals surface area contributed by atoms with E-state index in [1.165, 1.54) is 32.4 Å². The molecule has 2 rings (SSSR count). The minimum Gasteiger partial charge on any atom is -0.347 e. The molecule has 1 fully saturated rings. The Hall–Kier alpha value is -0.870. The highest BCUT2D eigenvalue weighted by Crippen LogP contribution is 2.08. The van der Waals surface area contributed by atoms with Crippen LogP contribution < -0.4 is 5.32 Å². The molecule has 1 aromatic heterocycles. The summed E-state index contributed by atoms with van der Waals surface area (Å²) < 4.78 is 0. The molecular formula is C12H22N4. The Balaban J connectivity index is 1.65. The number of piperidine rings is 1. The van der Waals surface area contributed by atoms with Crippen LogP contribution in [0.5, 0.6) is 0 Å². The van der Waals surface area contributed by atoms with Gasteiger partial charge in [0.05, 0.1) is 6.33 Å². The van der Waals surface area contributed by atoms with E-state index in [2.05, 4.69) is 27.1 Å². The second-order valence-corrected chi connectivity index (χ2v) is 4.72. The number of H-pyrrole nitrogens is 1. The van der Waals surface area contributed by atoms with Crippen molar-refractivity contribution < 1.29 is 0 Å². The van der Waals surface area contributed by atoms with Crippen molar-refractivity contribution in [2.45, 2.75) is 38.8 Å². The third-order valence-electron chi connectivity index (χ3n) is 3.18. The summed E-state index contributed by atoms with van der Waals surface area (Å²) in [6.45, 7) is 6.85. The van der Waals surface area contributed by atoms with Gasteiger partial charge in [0.25, 0.3) is 0 Å². The van der Waals surface area contributed by atoms with E-state index in [1.807, 2.05) is 6.20 Å². The van der Waals surface area contributed by atoms with Crippen LogP contribution in [-0.4, -0.2) is 40.5 Å². The topological polar surface area (TPSA) is 44.0 Å². The third kappa shape index (κ3) is 3.61. The van der Waals surface area contributed by atoms with Crippen molar-refractivity contribution in [1.82, 2.24) is 20.2 Å². The molecule has 0 radical (unpaired) electrons. The zero-order chi connectivity index (χ0) is 11.2. The molecule has 2 heterocycles. The number of nitrogens with one attached hydrogen (secondary N) is 2. The van der Waals surface area contributed by atoms with E-state index in [0.29, 0.717) is 6.04 Å². The summed E-state index contributed by atoms with van der Waals surface area (Å²) in [5.74, 6) is 0. The van der Waals surface area contributed by atoms with Crippen LogP contribution in [0, 0.1) is 0 Å². The zero-order valence-corrected chi connectivity index (χ0v) is 10.1. The largest absolute Gasteiger partial charge is 0.347 e. The number of aromatic amines is 1. The molecule has 0 spiro atoms. The molecule has 4 heteroatoms. The Morgan fingerprint density at radius 3 is 2.94 bits per heavy atom. The Kier molecular flexibility index (Phi) is 4.36. The molecule has 1 aromatic rings. The smallest absolute Gasteiger partial charge is 0.0922 e. The van der Waals surface area contributed by atoms with E-state index >= 15 is 0 Å². The second-order valence-electron chi connectivity index (χ2n) is 4.72. The molecule has 0 aromatic carbocycles. The monoisotopic (exact) mass is 222 g/mol. The number of aromatic nitrogens is 2. The van der Waals surface area contributed by atoms with Crippen LogP contribution in [0.25, 0.3) is 0 Å². The zero-order valence-electron chi connectivity index (χ0n) is 10.1.